The minimum absolute atomic E-state index is 0.314. The Kier molecular flexibility index (Phi) is 3.53. The zero-order valence-electron chi connectivity index (χ0n) is 8.43. The Hall–Kier alpha value is -0.680. The van der Waals surface area contributed by atoms with Gasteiger partial charge in [0.15, 0.2) is 0 Å². The largest absolute Gasteiger partial charge is 0.247 e. The van der Waals surface area contributed by atoms with Gasteiger partial charge in [-0.3, -0.25) is 0 Å². The summed E-state index contributed by atoms with van der Waals surface area (Å²) in [5.74, 6) is 0. The number of rotatable bonds is 4. The molecule has 0 N–H and O–H groups in total. The Bertz CT molecular complexity index is 410. The molecule has 0 spiro atoms. The van der Waals surface area contributed by atoms with Gasteiger partial charge in [0.2, 0.25) is 0 Å². The number of hydrogen-bond donors (Lipinski definition) is 0. The van der Waals surface area contributed by atoms with Crippen molar-refractivity contribution in [2.75, 3.05) is 0 Å². The summed E-state index contributed by atoms with van der Waals surface area (Å²) in [6.45, 7) is 2.94. The van der Waals surface area contributed by atoms with Crippen molar-refractivity contribution < 1.29 is 0 Å². The molecule has 0 amide bonds. The van der Waals surface area contributed by atoms with E-state index in [1.54, 1.807) is 11.3 Å². The minimum atomic E-state index is 0.314. The quantitative estimate of drug-likeness (QED) is 0.808. The molecular weight excluding hydrogens is 274 g/mol. The molecule has 2 heterocycles. The topological polar surface area (TPSA) is 30.7 Å². The Balaban J connectivity index is 2.07. The summed E-state index contributed by atoms with van der Waals surface area (Å²) < 4.78 is 1.88. The van der Waals surface area contributed by atoms with E-state index in [0.717, 1.165) is 18.7 Å². The van der Waals surface area contributed by atoms with E-state index in [9.17, 15) is 0 Å². The third kappa shape index (κ3) is 2.66. The predicted octanol–water partition coefficient (Wildman–Crippen LogP) is 3.23. The Morgan fingerprint density at radius 3 is 3.13 bits per heavy atom. The zero-order valence-corrected chi connectivity index (χ0v) is 10.8. The van der Waals surface area contributed by atoms with Crippen LogP contribution >= 0.6 is 27.3 Å². The lowest BCUT2D eigenvalue weighted by atomic mass is 10.3. The molecule has 0 saturated carbocycles. The molecule has 15 heavy (non-hydrogen) atoms. The Labute approximate surface area is 101 Å². The van der Waals surface area contributed by atoms with Crippen molar-refractivity contribution in [1.29, 1.82) is 0 Å². The second-order valence-corrected chi connectivity index (χ2v) is 5.43. The standard InChI is InChI=1S/C10H12BrN3S/c1-2-9(11)10-7-14(13-12-10)6-8-4-3-5-15-8/h3-5,7,9H,2,6H2,1H3. The van der Waals surface area contributed by atoms with Gasteiger partial charge in [0, 0.05) is 11.1 Å². The third-order valence-corrected chi connectivity index (χ3v) is 4.11. The molecule has 0 aliphatic carbocycles. The lowest BCUT2D eigenvalue weighted by Crippen LogP contribution is -1.98. The number of alkyl halides is 1. The van der Waals surface area contributed by atoms with Gasteiger partial charge in [0.05, 0.1) is 17.1 Å². The molecule has 1 unspecified atom stereocenters. The maximum atomic E-state index is 4.14. The molecule has 2 aromatic rings. The van der Waals surface area contributed by atoms with Gasteiger partial charge in [-0.05, 0) is 17.9 Å². The fourth-order valence-electron chi connectivity index (χ4n) is 1.31. The normalized spacial score (nSPS) is 12.9. The molecule has 3 nitrogen and oxygen atoms in total. The first-order valence-corrected chi connectivity index (χ1v) is 6.65. The fraction of sp³-hybridized carbons (Fsp3) is 0.400. The van der Waals surface area contributed by atoms with Crippen molar-refractivity contribution in [3.05, 3.63) is 34.3 Å². The molecule has 0 aliphatic rings. The molecule has 80 valence electrons. The van der Waals surface area contributed by atoms with E-state index in [-0.39, 0.29) is 0 Å². The van der Waals surface area contributed by atoms with Gasteiger partial charge in [0.25, 0.3) is 0 Å². The Morgan fingerprint density at radius 1 is 1.60 bits per heavy atom. The average Bonchev–Trinajstić information content (AvgIpc) is 2.88. The molecule has 0 bridgehead atoms. The van der Waals surface area contributed by atoms with Crippen molar-refractivity contribution in [2.45, 2.75) is 24.7 Å². The molecule has 0 radical (unpaired) electrons. The minimum Gasteiger partial charge on any atom is -0.247 e. The summed E-state index contributed by atoms with van der Waals surface area (Å²) in [4.78, 5) is 1.61. The number of halogens is 1. The summed E-state index contributed by atoms with van der Waals surface area (Å²) in [6, 6.07) is 4.16. The van der Waals surface area contributed by atoms with Gasteiger partial charge in [0.1, 0.15) is 0 Å². The molecule has 2 aromatic heterocycles. The average molecular weight is 286 g/mol. The van der Waals surface area contributed by atoms with Crippen LogP contribution in [0.4, 0.5) is 0 Å². The van der Waals surface area contributed by atoms with Crippen LogP contribution in [0.5, 0.6) is 0 Å². The second-order valence-electron chi connectivity index (χ2n) is 3.30. The van der Waals surface area contributed by atoms with E-state index in [4.69, 9.17) is 0 Å². The highest BCUT2D eigenvalue weighted by Crippen LogP contribution is 2.23. The second kappa shape index (κ2) is 4.90. The van der Waals surface area contributed by atoms with Crippen molar-refractivity contribution in [1.82, 2.24) is 15.0 Å². The van der Waals surface area contributed by atoms with Crippen LogP contribution in [0.25, 0.3) is 0 Å². The smallest absolute Gasteiger partial charge is 0.0963 e. The molecule has 1 atom stereocenters. The molecule has 5 heteroatoms. The monoisotopic (exact) mass is 285 g/mol. The van der Waals surface area contributed by atoms with Gasteiger partial charge in [-0.15, -0.1) is 16.4 Å². The fourth-order valence-corrected chi connectivity index (χ4v) is 2.21. The van der Waals surface area contributed by atoms with Gasteiger partial charge < -0.3 is 0 Å². The van der Waals surface area contributed by atoms with Crippen LogP contribution < -0.4 is 0 Å². The van der Waals surface area contributed by atoms with E-state index in [2.05, 4.69) is 50.7 Å². The molecule has 0 saturated heterocycles. The highest BCUT2D eigenvalue weighted by Gasteiger charge is 2.09. The highest BCUT2D eigenvalue weighted by molar-refractivity contribution is 9.09. The van der Waals surface area contributed by atoms with Crippen molar-refractivity contribution >= 4 is 27.3 Å². The van der Waals surface area contributed by atoms with Crippen LogP contribution in [0.3, 0.4) is 0 Å². The summed E-state index contributed by atoms with van der Waals surface area (Å²) in [7, 11) is 0. The van der Waals surface area contributed by atoms with Crippen LogP contribution in [-0.2, 0) is 6.54 Å². The van der Waals surface area contributed by atoms with E-state index in [1.165, 1.54) is 4.88 Å². The van der Waals surface area contributed by atoms with Crippen LogP contribution in [0.15, 0.2) is 23.7 Å². The van der Waals surface area contributed by atoms with Gasteiger partial charge in [-0.1, -0.05) is 34.1 Å². The zero-order chi connectivity index (χ0) is 10.7. The molecular formula is C10H12BrN3S. The van der Waals surface area contributed by atoms with Crippen LogP contribution in [0.2, 0.25) is 0 Å². The van der Waals surface area contributed by atoms with Crippen LogP contribution in [0, 0.1) is 0 Å². The number of thiophene rings is 1. The first-order chi connectivity index (χ1) is 7.29. The summed E-state index contributed by atoms with van der Waals surface area (Å²) >= 11 is 5.30. The van der Waals surface area contributed by atoms with E-state index >= 15 is 0 Å². The van der Waals surface area contributed by atoms with Crippen molar-refractivity contribution in [3.8, 4) is 0 Å². The molecule has 0 aliphatic heterocycles. The third-order valence-electron chi connectivity index (χ3n) is 2.13. The molecule has 2 rings (SSSR count). The first kappa shape index (κ1) is 10.8. The highest BCUT2D eigenvalue weighted by atomic mass is 79.9. The van der Waals surface area contributed by atoms with Crippen LogP contribution in [0.1, 0.15) is 28.7 Å². The van der Waals surface area contributed by atoms with Gasteiger partial charge >= 0.3 is 0 Å². The summed E-state index contributed by atoms with van der Waals surface area (Å²) in [5, 5.41) is 10.3. The molecule has 0 aromatic carbocycles. The Morgan fingerprint density at radius 2 is 2.47 bits per heavy atom. The van der Waals surface area contributed by atoms with E-state index < -0.39 is 0 Å². The number of hydrogen-bond acceptors (Lipinski definition) is 3. The van der Waals surface area contributed by atoms with Crippen LogP contribution in [-0.4, -0.2) is 15.0 Å². The van der Waals surface area contributed by atoms with E-state index in [0.29, 0.717) is 4.83 Å². The lowest BCUT2D eigenvalue weighted by Gasteiger charge is -1.99. The van der Waals surface area contributed by atoms with Gasteiger partial charge in [-0.2, -0.15) is 0 Å². The SMILES string of the molecule is CCC(Br)c1cn(Cc2cccs2)nn1. The van der Waals surface area contributed by atoms with Crippen molar-refractivity contribution in [3.63, 3.8) is 0 Å². The summed E-state index contributed by atoms with van der Waals surface area (Å²) in [6.07, 6.45) is 3.03. The van der Waals surface area contributed by atoms with Gasteiger partial charge in [-0.25, -0.2) is 4.68 Å². The number of aromatic nitrogens is 3. The maximum Gasteiger partial charge on any atom is 0.0963 e. The first-order valence-electron chi connectivity index (χ1n) is 4.86. The summed E-state index contributed by atoms with van der Waals surface area (Å²) in [5.41, 5.74) is 1.01. The maximum absolute atomic E-state index is 4.14. The number of nitrogens with zero attached hydrogens (tertiary/aromatic N) is 3. The van der Waals surface area contributed by atoms with E-state index in [1.807, 2.05) is 10.9 Å². The molecule has 0 fully saturated rings. The van der Waals surface area contributed by atoms with Crippen molar-refractivity contribution in [2.24, 2.45) is 0 Å². The lowest BCUT2D eigenvalue weighted by molar-refractivity contribution is 0.655. The predicted molar refractivity (Wildman–Crippen MR) is 65.4 cm³/mol.